The lowest BCUT2D eigenvalue weighted by molar-refractivity contribution is -0.137. The van der Waals surface area contributed by atoms with Crippen molar-refractivity contribution >= 4 is 17.3 Å². The summed E-state index contributed by atoms with van der Waals surface area (Å²) in [5.74, 6) is 0.00712. The molecule has 0 radical (unpaired) electrons. The van der Waals surface area contributed by atoms with Gasteiger partial charge in [-0.15, -0.1) is 0 Å². The van der Waals surface area contributed by atoms with Crippen LogP contribution in [0.15, 0.2) is 30.7 Å². The minimum absolute atomic E-state index is 0.0577. The number of benzene rings is 1. The number of hydrogen-bond donors (Lipinski definition) is 3. The van der Waals surface area contributed by atoms with Crippen molar-refractivity contribution in [3.63, 3.8) is 0 Å². The zero-order valence-electron chi connectivity index (χ0n) is 16.7. The lowest BCUT2D eigenvalue weighted by Crippen LogP contribution is -2.32. The summed E-state index contributed by atoms with van der Waals surface area (Å²) < 4.78 is 0. The molecule has 5 nitrogen and oxygen atoms in total. The molecule has 3 N–H and O–H groups in total. The monoisotopic (exact) mass is 362 g/mol. The van der Waals surface area contributed by atoms with E-state index < -0.39 is 5.97 Å². The number of nitrogens with one attached hydrogen (secondary N) is 1. The Morgan fingerprint density at radius 3 is 2.15 bits per heavy atom. The molecule has 1 aromatic carbocycles. The van der Waals surface area contributed by atoms with Crippen molar-refractivity contribution in [2.45, 2.75) is 53.4 Å². The third-order valence-electron chi connectivity index (χ3n) is 4.20. The smallest absolute Gasteiger partial charge is 0.303 e. The van der Waals surface area contributed by atoms with Crippen LogP contribution in [0.2, 0.25) is 0 Å². The van der Waals surface area contributed by atoms with Gasteiger partial charge in [0.05, 0.1) is 17.8 Å². The molecule has 0 fully saturated rings. The minimum atomic E-state index is -0.803. The van der Waals surface area contributed by atoms with Crippen molar-refractivity contribution < 1.29 is 15.0 Å². The molecule has 0 aliphatic rings. The molecule has 5 heteroatoms. The van der Waals surface area contributed by atoms with E-state index in [1.165, 1.54) is 0 Å². The number of carboxylic acid groups (broad SMARTS) is 1. The van der Waals surface area contributed by atoms with Gasteiger partial charge in [0, 0.05) is 13.1 Å². The van der Waals surface area contributed by atoms with Crippen LogP contribution in [0.5, 0.6) is 0 Å². The second-order valence-corrected chi connectivity index (χ2v) is 7.74. The lowest BCUT2D eigenvalue weighted by atomic mass is 9.92. The van der Waals surface area contributed by atoms with Crippen molar-refractivity contribution in [2.75, 3.05) is 23.3 Å². The Hall–Kier alpha value is -2.17. The largest absolute Gasteiger partial charge is 0.495 e. The zero-order valence-corrected chi connectivity index (χ0v) is 16.7. The van der Waals surface area contributed by atoms with E-state index in [0.717, 1.165) is 36.4 Å². The van der Waals surface area contributed by atoms with Crippen LogP contribution in [0.3, 0.4) is 0 Å². The van der Waals surface area contributed by atoms with E-state index >= 15 is 0 Å². The highest BCUT2D eigenvalue weighted by atomic mass is 16.4. The van der Waals surface area contributed by atoms with Crippen molar-refractivity contribution in [1.82, 2.24) is 0 Å². The second kappa shape index (κ2) is 10.1. The van der Waals surface area contributed by atoms with Gasteiger partial charge in [-0.05, 0) is 48.4 Å². The van der Waals surface area contributed by atoms with Crippen LogP contribution in [0.1, 0.15) is 58.9 Å². The van der Waals surface area contributed by atoms with E-state index in [1.807, 2.05) is 25.1 Å². The quantitative estimate of drug-likeness (QED) is 0.471. The van der Waals surface area contributed by atoms with Gasteiger partial charge in [0.25, 0.3) is 0 Å². The summed E-state index contributed by atoms with van der Waals surface area (Å²) in [5.41, 5.74) is 2.72. The van der Waals surface area contributed by atoms with Crippen LogP contribution in [-0.4, -0.2) is 29.3 Å². The lowest BCUT2D eigenvalue weighted by Gasteiger charge is -2.31. The molecule has 0 amide bonds. The van der Waals surface area contributed by atoms with Crippen LogP contribution in [0.4, 0.5) is 11.4 Å². The predicted molar refractivity (Wildman–Crippen MR) is 109 cm³/mol. The molecule has 26 heavy (non-hydrogen) atoms. The van der Waals surface area contributed by atoms with E-state index in [9.17, 15) is 9.90 Å². The van der Waals surface area contributed by atoms with Crippen LogP contribution < -0.4 is 10.2 Å². The maximum atomic E-state index is 11.1. The molecule has 0 bridgehead atoms. The zero-order chi connectivity index (χ0) is 19.9. The SMILES string of the molecule is C=C(O)Nc1cc(C(CC)CC(=O)O)ccc1N(CC(C)C)CC(C)C. The second-order valence-electron chi connectivity index (χ2n) is 7.74. The third-order valence-corrected chi connectivity index (χ3v) is 4.20. The number of carbonyl (C=O) groups is 1. The van der Waals surface area contributed by atoms with Crippen molar-refractivity contribution in [1.29, 1.82) is 0 Å². The van der Waals surface area contributed by atoms with Crippen LogP contribution in [-0.2, 0) is 4.79 Å². The molecule has 0 spiro atoms. The maximum Gasteiger partial charge on any atom is 0.303 e. The van der Waals surface area contributed by atoms with Gasteiger partial charge >= 0.3 is 5.97 Å². The fourth-order valence-electron chi connectivity index (χ4n) is 3.20. The van der Waals surface area contributed by atoms with Gasteiger partial charge in [0.2, 0.25) is 0 Å². The normalized spacial score (nSPS) is 12.3. The van der Waals surface area contributed by atoms with Gasteiger partial charge in [-0.2, -0.15) is 0 Å². The topological polar surface area (TPSA) is 72.8 Å². The number of hydrogen-bond acceptors (Lipinski definition) is 4. The van der Waals surface area contributed by atoms with E-state index in [0.29, 0.717) is 11.8 Å². The molecule has 1 aromatic rings. The average molecular weight is 363 g/mol. The van der Waals surface area contributed by atoms with E-state index in [1.54, 1.807) is 0 Å². The van der Waals surface area contributed by atoms with Crippen LogP contribution in [0.25, 0.3) is 0 Å². The highest BCUT2D eigenvalue weighted by Crippen LogP contribution is 2.34. The summed E-state index contributed by atoms with van der Waals surface area (Å²) in [6.07, 6.45) is 0.837. The van der Waals surface area contributed by atoms with Gasteiger partial charge in [0.15, 0.2) is 5.88 Å². The summed E-state index contributed by atoms with van der Waals surface area (Å²) in [7, 11) is 0. The van der Waals surface area contributed by atoms with Crippen molar-refractivity contribution in [3.8, 4) is 0 Å². The first kappa shape index (κ1) is 21.9. The molecule has 0 aromatic heterocycles. The predicted octanol–water partition coefficient (Wildman–Crippen LogP) is 5.21. The van der Waals surface area contributed by atoms with Crippen molar-refractivity contribution in [2.24, 2.45) is 11.8 Å². The molecule has 1 atom stereocenters. The Morgan fingerprint density at radius 2 is 1.73 bits per heavy atom. The molecule has 146 valence electrons. The molecule has 0 heterocycles. The Bertz CT molecular complexity index is 601. The number of rotatable bonds is 11. The molecular formula is C21H34N2O3. The first-order valence-electron chi connectivity index (χ1n) is 9.39. The minimum Gasteiger partial charge on any atom is -0.495 e. The fourth-order valence-corrected chi connectivity index (χ4v) is 3.20. The third kappa shape index (κ3) is 6.98. The Balaban J connectivity index is 3.31. The summed E-state index contributed by atoms with van der Waals surface area (Å²) in [5, 5.41) is 21.8. The maximum absolute atomic E-state index is 11.1. The Labute approximate surface area is 157 Å². The highest BCUT2D eigenvalue weighted by Gasteiger charge is 2.19. The molecule has 0 aliphatic heterocycles. The van der Waals surface area contributed by atoms with Gasteiger partial charge in [0.1, 0.15) is 0 Å². The van der Waals surface area contributed by atoms with E-state index in [2.05, 4.69) is 44.5 Å². The molecule has 0 aliphatic carbocycles. The fraction of sp³-hybridized carbons (Fsp3) is 0.571. The molecule has 0 saturated carbocycles. The molecule has 0 saturated heterocycles. The molecule has 1 rings (SSSR count). The summed E-state index contributed by atoms with van der Waals surface area (Å²) >= 11 is 0. The van der Waals surface area contributed by atoms with E-state index in [-0.39, 0.29) is 18.2 Å². The molecule has 1 unspecified atom stereocenters. The van der Waals surface area contributed by atoms with Crippen molar-refractivity contribution in [3.05, 3.63) is 36.2 Å². The number of aliphatic hydroxyl groups is 1. The summed E-state index contributed by atoms with van der Waals surface area (Å²) in [4.78, 5) is 13.5. The Kier molecular flexibility index (Phi) is 8.49. The summed E-state index contributed by atoms with van der Waals surface area (Å²) in [6, 6.07) is 5.97. The van der Waals surface area contributed by atoms with Gasteiger partial charge in [-0.3, -0.25) is 4.79 Å². The van der Waals surface area contributed by atoms with Gasteiger partial charge < -0.3 is 20.4 Å². The van der Waals surface area contributed by atoms with Crippen LogP contribution >= 0.6 is 0 Å². The summed E-state index contributed by atoms with van der Waals surface area (Å²) in [6.45, 7) is 16.1. The first-order chi connectivity index (χ1) is 12.1. The van der Waals surface area contributed by atoms with Gasteiger partial charge in [-0.25, -0.2) is 0 Å². The number of carboxylic acids is 1. The standard InChI is InChI=1S/C21H34N2O3/c1-7-17(11-21(25)26)18-8-9-20(19(10-18)22-16(6)24)23(12-14(2)3)13-15(4)5/h8-10,14-15,17,22,24H,6-7,11-13H2,1-5H3,(H,25,26). The van der Waals surface area contributed by atoms with Gasteiger partial charge in [-0.1, -0.05) is 40.7 Å². The first-order valence-corrected chi connectivity index (χ1v) is 9.39. The van der Waals surface area contributed by atoms with Crippen LogP contribution in [0, 0.1) is 11.8 Å². The van der Waals surface area contributed by atoms with E-state index in [4.69, 9.17) is 5.11 Å². The number of aliphatic hydroxyl groups excluding tert-OH is 1. The number of nitrogens with zero attached hydrogens (tertiary/aromatic N) is 1. The number of anilines is 2. The average Bonchev–Trinajstić information content (AvgIpc) is 2.50. The number of aliphatic carboxylic acids is 1. The molecular weight excluding hydrogens is 328 g/mol. The highest BCUT2D eigenvalue weighted by molar-refractivity contribution is 5.73. The Morgan fingerprint density at radius 1 is 1.15 bits per heavy atom.